The van der Waals surface area contributed by atoms with Crippen LogP contribution in [0.25, 0.3) is 0 Å². The molecule has 3 rings (SSSR count). The van der Waals surface area contributed by atoms with Gasteiger partial charge in [-0.15, -0.1) is 0 Å². The zero-order chi connectivity index (χ0) is 20.0. The van der Waals surface area contributed by atoms with E-state index in [9.17, 15) is 0 Å². The second-order valence-electron chi connectivity index (χ2n) is 6.50. The molecule has 0 aromatic heterocycles. The van der Waals surface area contributed by atoms with E-state index in [2.05, 4.69) is 38.1 Å². The monoisotopic (exact) mass is 370 g/mol. The van der Waals surface area contributed by atoms with Crippen LogP contribution < -0.4 is 14.2 Å². The number of hydrogen-bond donors (Lipinski definition) is 1. The number of aliphatic hydroxyl groups excluding tert-OH is 1. The maximum atomic E-state index is 7.00. The van der Waals surface area contributed by atoms with Crippen molar-refractivity contribution >= 4 is 0 Å². The fourth-order valence-corrected chi connectivity index (χ4v) is 3.91. The molecule has 0 saturated heterocycles. The van der Waals surface area contributed by atoms with Gasteiger partial charge < -0.3 is 19.3 Å². The molecule has 0 heterocycles. The highest BCUT2D eigenvalue weighted by molar-refractivity contribution is 5.57. The summed E-state index contributed by atoms with van der Waals surface area (Å²) in [6.07, 6.45) is 3.19. The lowest BCUT2D eigenvalue weighted by Gasteiger charge is -2.23. The van der Waals surface area contributed by atoms with Crippen molar-refractivity contribution in [3.63, 3.8) is 0 Å². The first-order valence-electron chi connectivity index (χ1n) is 9.09. The molecule has 1 N–H and O–H groups in total. The van der Waals surface area contributed by atoms with Crippen molar-refractivity contribution in [1.29, 1.82) is 0 Å². The molecule has 146 valence electrons. The Hall–Kier alpha value is -2.46. The molecule has 2 atom stereocenters. The smallest absolute Gasteiger partial charge is 0.126 e. The highest BCUT2D eigenvalue weighted by atomic mass is 16.5. The summed E-state index contributed by atoms with van der Waals surface area (Å²) in [5, 5.41) is 7.00. The Morgan fingerprint density at radius 3 is 2.11 bits per heavy atom. The number of aliphatic hydroxyl groups is 1. The standard InChI is InChI=1S/C22H26O3.CH4O/c1-6-14(2)21-19(15-7-9-17(23-3)10-8-15)12-16-11-18(24-4)13-20(25-5)22(16)21;1-2/h6-11,13,19,21H,12H2,1-5H3;2H,1H3/b14-6+;/t19-,21-;/m1./s1. The highest BCUT2D eigenvalue weighted by Crippen LogP contribution is 2.52. The first-order valence-corrected chi connectivity index (χ1v) is 9.09. The van der Waals surface area contributed by atoms with Crippen molar-refractivity contribution in [3.8, 4) is 17.2 Å². The van der Waals surface area contributed by atoms with Crippen molar-refractivity contribution < 1.29 is 19.3 Å². The molecule has 0 bridgehead atoms. The molecule has 4 nitrogen and oxygen atoms in total. The summed E-state index contributed by atoms with van der Waals surface area (Å²) >= 11 is 0. The lowest BCUT2D eigenvalue weighted by molar-refractivity contribution is 0.390. The number of benzene rings is 2. The molecule has 0 radical (unpaired) electrons. The molecule has 0 fully saturated rings. The quantitative estimate of drug-likeness (QED) is 0.774. The van der Waals surface area contributed by atoms with Crippen molar-refractivity contribution in [2.75, 3.05) is 28.4 Å². The minimum atomic E-state index is 0.314. The Kier molecular flexibility index (Phi) is 7.31. The minimum Gasteiger partial charge on any atom is -0.497 e. The van der Waals surface area contributed by atoms with E-state index in [4.69, 9.17) is 19.3 Å². The summed E-state index contributed by atoms with van der Waals surface area (Å²) in [6.45, 7) is 4.31. The lowest BCUT2D eigenvalue weighted by atomic mass is 9.81. The fourth-order valence-electron chi connectivity index (χ4n) is 3.91. The lowest BCUT2D eigenvalue weighted by Crippen LogP contribution is -2.08. The molecular weight excluding hydrogens is 340 g/mol. The predicted octanol–water partition coefficient (Wildman–Crippen LogP) is 4.71. The second-order valence-corrected chi connectivity index (χ2v) is 6.50. The largest absolute Gasteiger partial charge is 0.497 e. The van der Waals surface area contributed by atoms with Gasteiger partial charge in [-0.25, -0.2) is 0 Å². The Balaban J connectivity index is 0.00000126. The number of fused-ring (bicyclic) bond motifs is 1. The van der Waals surface area contributed by atoms with Crippen LogP contribution in [-0.4, -0.2) is 33.5 Å². The molecule has 0 unspecified atom stereocenters. The first kappa shape index (κ1) is 20.8. The Labute approximate surface area is 162 Å². The van der Waals surface area contributed by atoms with Gasteiger partial charge in [-0.05, 0) is 55.5 Å². The van der Waals surface area contributed by atoms with Crippen LogP contribution >= 0.6 is 0 Å². The van der Waals surface area contributed by atoms with E-state index in [1.807, 2.05) is 18.2 Å². The van der Waals surface area contributed by atoms with Crippen molar-refractivity contribution in [2.24, 2.45) is 0 Å². The molecule has 1 aliphatic carbocycles. The van der Waals surface area contributed by atoms with Gasteiger partial charge in [-0.1, -0.05) is 23.8 Å². The molecule has 1 aliphatic rings. The van der Waals surface area contributed by atoms with Gasteiger partial charge in [0, 0.05) is 24.7 Å². The number of rotatable bonds is 5. The van der Waals surface area contributed by atoms with E-state index in [1.165, 1.54) is 22.3 Å². The van der Waals surface area contributed by atoms with Gasteiger partial charge in [0.15, 0.2) is 0 Å². The molecule has 0 saturated carbocycles. The van der Waals surface area contributed by atoms with Crippen LogP contribution in [-0.2, 0) is 6.42 Å². The topological polar surface area (TPSA) is 47.9 Å². The zero-order valence-electron chi connectivity index (χ0n) is 17.1. The third-order valence-corrected chi connectivity index (χ3v) is 5.30. The molecule has 0 amide bonds. The van der Waals surface area contributed by atoms with Crippen LogP contribution in [0.4, 0.5) is 0 Å². The van der Waals surface area contributed by atoms with E-state index in [1.54, 1.807) is 21.3 Å². The van der Waals surface area contributed by atoms with E-state index >= 15 is 0 Å². The van der Waals surface area contributed by atoms with Crippen molar-refractivity contribution in [3.05, 3.63) is 64.7 Å². The number of methoxy groups -OCH3 is 3. The normalized spacial score (nSPS) is 18.3. The van der Waals surface area contributed by atoms with Gasteiger partial charge in [0.05, 0.1) is 21.3 Å². The van der Waals surface area contributed by atoms with Crippen LogP contribution in [0.15, 0.2) is 48.0 Å². The number of allylic oxidation sites excluding steroid dienone is 2. The summed E-state index contributed by atoms with van der Waals surface area (Å²) in [4.78, 5) is 0. The maximum absolute atomic E-state index is 7.00. The van der Waals surface area contributed by atoms with E-state index in [0.29, 0.717) is 11.8 Å². The van der Waals surface area contributed by atoms with Crippen LogP contribution in [0.1, 0.15) is 42.4 Å². The summed E-state index contributed by atoms with van der Waals surface area (Å²) in [7, 11) is 6.13. The van der Waals surface area contributed by atoms with Gasteiger partial charge in [-0.2, -0.15) is 0 Å². The predicted molar refractivity (Wildman–Crippen MR) is 109 cm³/mol. The van der Waals surface area contributed by atoms with E-state index < -0.39 is 0 Å². The highest BCUT2D eigenvalue weighted by Gasteiger charge is 2.37. The van der Waals surface area contributed by atoms with E-state index in [-0.39, 0.29) is 0 Å². The Bertz CT molecular complexity index is 778. The molecule has 27 heavy (non-hydrogen) atoms. The average molecular weight is 370 g/mol. The Morgan fingerprint density at radius 2 is 1.59 bits per heavy atom. The second kappa shape index (κ2) is 9.47. The maximum Gasteiger partial charge on any atom is 0.126 e. The van der Waals surface area contributed by atoms with E-state index in [0.717, 1.165) is 30.8 Å². The van der Waals surface area contributed by atoms with Crippen LogP contribution in [0.5, 0.6) is 17.2 Å². The summed E-state index contributed by atoms with van der Waals surface area (Å²) in [5.41, 5.74) is 5.29. The van der Waals surface area contributed by atoms with Gasteiger partial charge in [-0.3, -0.25) is 0 Å². The number of ether oxygens (including phenoxy) is 3. The van der Waals surface area contributed by atoms with Gasteiger partial charge in [0.1, 0.15) is 17.2 Å². The molecule has 0 aliphatic heterocycles. The molecular formula is C23H30O4. The fraction of sp³-hybridized carbons (Fsp3) is 0.391. The van der Waals surface area contributed by atoms with Gasteiger partial charge in [0.2, 0.25) is 0 Å². The van der Waals surface area contributed by atoms with Crippen LogP contribution in [0, 0.1) is 0 Å². The molecule has 2 aromatic carbocycles. The SMILES string of the molecule is C/C=C(\C)[C@H]1c2c(cc(OC)cc2OC)C[C@@H]1c1ccc(OC)cc1.CO. The van der Waals surface area contributed by atoms with Gasteiger partial charge in [0.25, 0.3) is 0 Å². The van der Waals surface area contributed by atoms with Crippen LogP contribution in [0.3, 0.4) is 0 Å². The zero-order valence-corrected chi connectivity index (χ0v) is 17.1. The summed E-state index contributed by atoms with van der Waals surface area (Å²) in [5.74, 6) is 3.35. The minimum absolute atomic E-state index is 0.314. The third-order valence-electron chi connectivity index (χ3n) is 5.30. The Morgan fingerprint density at radius 1 is 0.963 bits per heavy atom. The van der Waals surface area contributed by atoms with Crippen molar-refractivity contribution in [2.45, 2.75) is 32.1 Å². The van der Waals surface area contributed by atoms with Crippen LogP contribution in [0.2, 0.25) is 0 Å². The number of hydrogen-bond acceptors (Lipinski definition) is 4. The first-order chi connectivity index (χ1) is 13.1. The molecule has 2 aromatic rings. The molecule has 0 spiro atoms. The third kappa shape index (κ3) is 4.11. The van der Waals surface area contributed by atoms with Gasteiger partial charge >= 0.3 is 0 Å². The molecule has 4 heteroatoms. The average Bonchev–Trinajstić information content (AvgIpc) is 3.13. The van der Waals surface area contributed by atoms with Crippen molar-refractivity contribution in [1.82, 2.24) is 0 Å². The summed E-state index contributed by atoms with van der Waals surface area (Å²) in [6, 6.07) is 12.6. The summed E-state index contributed by atoms with van der Waals surface area (Å²) < 4.78 is 16.5.